The Balaban J connectivity index is 1.29. The Labute approximate surface area is 158 Å². The van der Waals surface area contributed by atoms with Crippen molar-refractivity contribution in [2.75, 3.05) is 46.1 Å². The first-order valence-corrected chi connectivity index (χ1v) is 9.70. The van der Waals surface area contributed by atoms with Crippen LogP contribution < -0.4 is 10.9 Å². The lowest BCUT2D eigenvalue weighted by Gasteiger charge is -2.47. The van der Waals surface area contributed by atoms with E-state index >= 15 is 0 Å². The summed E-state index contributed by atoms with van der Waals surface area (Å²) < 4.78 is 16.5. The molecule has 1 aromatic rings. The molecule has 3 fully saturated rings. The third-order valence-corrected chi connectivity index (χ3v) is 5.72. The number of hydrogen-bond acceptors (Lipinski definition) is 6. The number of hydrogen-bond donors (Lipinski definition) is 2. The first-order valence-electron chi connectivity index (χ1n) is 9.70. The van der Waals surface area contributed by atoms with E-state index in [1.54, 1.807) is 6.07 Å². The number of carbonyl (C=O) groups is 1. The van der Waals surface area contributed by atoms with Crippen LogP contribution >= 0.6 is 0 Å². The number of piperidine rings is 1. The standard InChI is InChI=1S/C19H27N3O5/c23-17(20-11-15-13-25-9-10-26-15)16-2-1-14(21-18(16)24)12-22-6-3-19(4-7-22)5-8-27-19/h1-2,15H,3-13H2,(H,20,23)(H,21,24)/t15-/m1/s1. The summed E-state index contributed by atoms with van der Waals surface area (Å²) in [4.78, 5) is 29.8. The Morgan fingerprint density at radius 1 is 1.22 bits per heavy atom. The zero-order valence-electron chi connectivity index (χ0n) is 15.5. The highest BCUT2D eigenvalue weighted by atomic mass is 16.6. The van der Waals surface area contributed by atoms with Crippen LogP contribution in [0.25, 0.3) is 0 Å². The summed E-state index contributed by atoms with van der Waals surface area (Å²) in [6.07, 6.45) is 3.09. The highest BCUT2D eigenvalue weighted by Crippen LogP contribution is 2.36. The van der Waals surface area contributed by atoms with Gasteiger partial charge in [-0.3, -0.25) is 14.5 Å². The van der Waals surface area contributed by atoms with Crippen molar-refractivity contribution in [3.8, 4) is 0 Å². The second-order valence-corrected chi connectivity index (χ2v) is 7.56. The first-order chi connectivity index (χ1) is 13.1. The van der Waals surface area contributed by atoms with E-state index in [4.69, 9.17) is 14.2 Å². The zero-order chi connectivity index (χ0) is 18.7. The molecule has 0 aromatic carbocycles. The molecule has 0 aliphatic carbocycles. The summed E-state index contributed by atoms with van der Waals surface area (Å²) in [7, 11) is 0. The molecule has 2 N–H and O–H groups in total. The van der Waals surface area contributed by atoms with E-state index in [1.807, 2.05) is 6.07 Å². The number of likely N-dealkylation sites (tertiary alicyclic amines) is 1. The van der Waals surface area contributed by atoms with Crippen molar-refractivity contribution in [1.29, 1.82) is 0 Å². The molecule has 1 spiro atoms. The predicted molar refractivity (Wildman–Crippen MR) is 97.8 cm³/mol. The maximum Gasteiger partial charge on any atom is 0.261 e. The van der Waals surface area contributed by atoms with Gasteiger partial charge in [0.15, 0.2) is 0 Å². The topological polar surface area (TPSA) is 92.9 Å². The van der Waals surface area contributed by atoms with E-state index in [1.165, 1.54) is 6.42 Å². The van der Waals surface area contributed by atoms with Gasteiger partial charge < -0.3 is 24.5 Å². The largest absolute Gasteiger partial charge is 0.376 e. The third kappa shape index (κ3) is 4.40. The van der Waals surface area contributed by atoms with Crippen LogP contribution in [0, 0.1) is 0 Å². The molecule has 3 saturated heterocycles. The van der Waals surface area contributed by atoms with Crippen molar-refractivity contribution < 1.29 is 19.0 Å². The lowest BCUT2D eigenvalue weighted by molar-refractivity contribution is -0.173. The highest BCUT2D eigenvalue weighted by Gasteiger charge is 2.40. The number of H-pyrrole nitrogens is 1. The van der Waals surface area contributed by atoms with E-state index in [2.05, 4.69) is 15.2 Å². The van der Waals surface area contributed by atoms with Crippen molar-refractivity contribution in [2.45, 2.75) is 37.5 Å². The fraction of sp³-hybridized carbons (Fsp3) is 0.684. The highest BCUT2D eigenvalue weighted by molar-refractivity contribution is 5.93. The Bertz CT molecular complexity index is 714. The van der Waals surface area contributed by atoms with Crippen LogP contribution in [-0.4, -0.2) is 73.6 Å². The maximum absolute atomic E-state index is 12.3. The van der Waals surface area contributed by atoms with Crippen LogP contribution in [0.5, 0.6) is 0 Å². The van der Waals surface area contributed by atoms with Gasteiger partial charge in [0.1, 0.15) is 5.56 Å². The predicted octanol–water partition coefficient (Wildman–Crippen LogP) is 0.275. The van der Waals surface area contributed by atoms with Gasteiger partial charge in [-0.1, -0.05) is 0 Å². The van der Waals surface area contributed by atoms with Gasteiger partial charge in [-0.15, -0.1) is 0 Å². The molecule has 0 saturated carbocycles. The minimum Gasteiger partial charge on any atom is -0.376 e. The van der Waals surface area contributed by atoms with Gasteiger partial charge in [0.05, 0.1) is 38.1 Å². The summed E-state index contributed by atoms with van der Waals surface area (Å²) in [5, 5.41) is 2.74. The number of aromatic amines is 1. The lowest BCUT2D eigenvalue weighted by atomic mass is 9.84. The summed E-state index contributed by atoms with van der Waals surface area (Å²) >= 11 is 0. The number of pyridine rings is 1. The van der Waals surface area contributed by atoms with Gasteiger partial charge in [-0.2, -0.15) is 0 Å². The molecule has 1 amide bonds. The maximum atomic E-state index is 12.3. The second-order valence-electron chi connectivity index (χ2n) is 7.56. The molecule has 8 nitrogen and oxygen atoms in total. The number of nitrogens with one attached hydrogen (secondary N) is 2. The Morgan fingerprint density at radius 3 is 2.67 bits per heavy atom. The Morgan fingerprint density at radius 2 is 2.04 bits per heavy atom. The van der Waals surface area contributed by atoms with Gasteiger partial charge in [0, 0.05) is 31.9 Å². The van der Waals surface area contributed by atoms with Gasteiger partial charge in [0.25, 0.3) is 11.5 Å². The van der Waals surface area contributed by atoms with Gasteiger partial charge in [0.2, 0.25) is 0 Å². The molecular weight excluding hydrogens is 350 g/mol. The number of ether oxygens (including phenoxy) is 3. The average Bonchev–Trinajstić information content (AvgIpc) is 2.66. The van der Waals surface area contributed by atoms with Crippen molar-refractivity contribution in [2.24, 2.45) is 0 Å². The molecule has 4 rings (SSSR count). The monoisotopic (exact) mass is 377 g/mol. The number of amides is 1. The van der Waals surface area contributed by atoms with E-state index in [0.717, 1.165) is 38.2 Å². The van der Waals surface area contributed by atoms with E-state index < -0.39 is 0 Å². The van der Waals surface area contributed by atoms with Crippen LogP contribution in [0.2, 0.25) is 0 Å². The lowest BCUT2D eigenvalue weighted by Crippen LogP contribution is -2.52. The van der Waals surface area contributed by atoms with Crippen molar-refractivity contribution in [3.05, 3.63) is 33.7 Å². The van der Waals surface area contributed by atoms with Crippen LogP contribution in [0.4, 0.5) is 0 Å². The fourth-order valence-corrected chi connectivity index (χ4v) is 3.89. The van der Waals surface area contributed by atoms with Crippen LogP contribution in [0.1, 0.15) is 35.3 Å². The van der Waals surface area contributed by atoms with Crippen molar-refractivity contribution in [3.63, 3.8) is 0 Å². The summed E-state index contributed by atoms with van der Waals surface area (Å²) in [6.45, 7) is 5.39. The number of carbonyl (C=O) groups excluding carboxylic acids is 1. The van der Waals surface area contributed by atoms with Crippen LogP contribution in [0.15, 0.2) is 16.9 Å². The smallest absolute Gasteiger partial charge is 0.261 e. The Hall–Kier alpha value is -1.74. The minimum atomic E-state index is -0.390. The average molecular weight is 377 g/mol. The minimum absolute atomic E-state index is 0.121. The number of rotatable bonds is 5. The SMILES string of the molecule is O=C(NC[C@@H]1COCCO1)c1ccc(CN2CCC3(CCO3)CC2)[nH]c1=O. The quantitative estimate of drug-likeness (QED) is 0.766. The molecule has 4 heterocycles. The van der Waals surface area contributed by atoms with Gasteiger partial charge in [-0.05, 0) is 31.4 Å². The molecule has 0 bridgehead atoms. The second kappa shape index (κ2) is 8.10. The molecule has 0 unspecified atom stereocenters. The molecular formula is C19H27N3O5. The third-order valence-electron chi connectivity index (χ3n) is 5.72. The van der Waals surface area contributed by atoms with Crippen LogP contribution in [0.3, 0.4) is 0 Å². The molecule has 3 aliphatic heterocycles. The molecule has 1 aromatic heterocycles. The van der Waals surface area contributed by atoms with E-state index in [0.29, 0.717) is 32.9 Å². The van der Waals surface area contributed by atoms with Gasteiger partial charge >= 0.3 is 0 Å². The van der Waals surface area contributed by atoms with Crippen LogP contribution in [-0.2, 0) is 20.8 Å². The first kappa shape index (κ1) is 18.6. The Kier molecular flexibility index (Phi) is 5.58. The van der Waals surface area contributed by atoms with Crippen molar-refractivity contribution in [1.82, 2.24) is 15.2 Å². The molecule has 8 heteroatoms. The van der Waals surface area contributed by atoms with E-state index in [-0.39, 0.29) is 28.7 Å². The molecule has 0 radical (unpaired) electrons. The number of nitrogens with zero attached hydrogens (tertiary/aromatic N) is 1. The summed E-state index contributed by atoms with van der Waals surface area (Å²) in [6, 6.07) is 3.42. The normalized spacial score (nSPS) is 25.1. The fourth-order valence-electron chi connectivity index (χ4n) is 3.89. The molecule has 27 heavy (non-hydrogen) atoms. The number of aromatic nitrogens is 1. The molecule has 148 valence electrons. The summed E-state index contributed by atoms with van der Waals surface area (Å²) in [5.41, 5.74) is 0.711. The molecule has 1 atom stereocenters. The van der Waals surface area contributed by atoms with E-state index in [9.17, 15) is 9.59 Å². The van der Waals surface area contributed by atoms with Crippen molar-refractivity contribution >= 4 is 5.91 Å². The van der Waals surface area contributed by atoms with Gasteiger partial charge in [-0.25, -0.2) is 0 Å². The zero-order valence-corrected chi connectivity index (χ0v) is 15.5. The summed E-state index contributed by atoms with van der Waals surface area (Å²) in [5.74, 6) is -0.390. The molecule has 3 aliphatic rings.